The first-order valence-electron chi connectivity index (χ1n) is 3.89. The highest BCUT2D eigenvalue weighted by Gasteiger charge is 2.29. The van der Waals surface area contributed by atoms with Gasteiger partial charge in [-0.1, -0.05) is 0 Å². The molecule has 0 saturated carbocycles. The van der Waals surface area contributed by atoms with Crippen molar-refractivity contribution >= 4 is 0 Å². The molecule has 1 fully saturated rings. The molecule has 3 nitrogen and oxygen atoms in total. The second-order valence-electron chi connectivity index (χ2n) is 2.80. The maximum atomic E-state index is 5.49. The summed E-state index contributed by atoms with van der Waals surface area (Å²) in [5.41, 5.74) is 0. The van der Waals surface area contributed by atoms with E-state index >= 15 is 0 Å². The van der Waals surface area contributed by atoms with Crippen LogP contribution < -0.4 is 0 Å². The van der Waals surface area contributed by atoms with Crippen molar-refractivity contribution in [2.75, 3.05) is 20.3 Å². The molecule has 0 spiro atoms. The molecule has 0 aliphatic carbocycles. The van der Waals surface area contributed by atoms with Crippen LogP contribution in [0.15, 0.2) is 11.8 Å². The minimum Gasteiger partial charge on any atom is -0.495 e. The summed E-state index contributed by atoms with van der Waals surface area (Å²) in [6, 6.07) is 0. The summed E-state index contributed by atoms with van der Waals surface area (Å²) in [7, 11) is 1.68. The van der Waals surface area contributed by atoms with Gasteiger partial charge in [0.15, 0.2) is 0 Å². The van der Waals surface area contributed by atoms with Gasteiger partial charge >= 0.3 is 0 Å². The largest absolute Gasteiger partial charge is 0.495 e. The minimum atomic E-state index is 0.0827. The molecule has 2 rings (SSSR count). The molecule has 0 N–H and O–H groups in total. The van der Waals surface area contributed by atoms with Gasteiger partial charge in [-0.2, -0.15) is 0 Å². The van der Waals surface area contributed by atoms with Gasteiger partial charge in [0.25, 0.3) is 0 Å². The number of fused-ring (bicyclic) bond motifs is 1. The molecular weight excluding hydrogens is 144 g/mol. The topological polar surface area (TPSA) is 27.7 Å². The average molecular weight is 156 g/mol. The van der Waals surface area contributed by atoms with E-state index in [-0.39, 0.29) is 12.2 Å². The highest BCUT2D eigenvalue weighted by molar-refractivity contribution is 5.10. The zero-order valence-corrected chi connectivity index (χ0v) is 6.58. The summed E-state index contributed by atoms with van der Waals surface area (Å²) >= 11 is 0. The van der Waals surface area contributed by atoms with Crippen LogP contribution in [-0.2, 0) is 14.2 Å². The van der Waals surface area contributed by atoms with Gasteiger partial charge in [-0.05, 0) is 6.08 Å². The van der Waals surface area contributed by atoms with Crippen molar-refractivity contribution in [3.63, 3.8) is 0 Å². The van der Waals surface area contributed by atoms with Gasteiger partial charge in [0.2, 0.25) is 0 Å². The van der Waals surface area contributed by atoms with Crippen molar-refractivity contribution in [2.45, 2.75) is 18.6 Å². The van der Waals surface area contributed by atoms with E-state index in [1.165, 1.54) is 0 Å². The van der Waals surface area contributed by atoms with E-state index in [2.05, 4.69) is 0 Å². The van der Waals surface area contributed by atoms with Crippen LogP contribution in [-0.4, -0.2) is 32.5 Å². The minimum absolute atomic E-state index is 0.0827. The quantitative estimate of drug-likeness (QED) is 0.559. The normalized spacial score (nSPS) is 35.9. The monoisotopic (exact) mass is 156 g/mol. The fraction of sp³-hybridized carbons (Fsp3) is 0.750. The number of rotatable bonds is 1. The molecule has 3 heteroatoms. The van der Waals surface area contributed by atoms with Crippen molar-refractivity contribution in [2.24, 2.45) is 0 Å². The van der Waals surface area contributed by atoms with Crippen LogP contribution in [0.25, 0.3) is 0 Å². The standard InChI is InChI=1S/C8H12O3/c1-9-6-4-8-7(11-5-6)2-3-10-8/h4,6-7H,2-3,5H2,1H3/t6-,7-/m0/s1. The summed E-state index contributed by atoms with van der Waals surface area (Å²) in [5, 5.41) is 0. The lowest BCUT2D eigenvalue weighted by molar-refractivity contribution is -0.0138. The number of hydrogen-bond donors (Lipinski definition) is 0. The maximum Gasteiger partial charge on any atom is 0.124 e. The summed E-state index contributed by atoms with van der Waals surface area (Å²) in [6.07, 6.45) is 3.30. The molecule has 0 amide bonds. The van der Waals surface area contributed by atoms with Gasteiger partial charge in [-0.25, -0.2) is 0 Å². The van der Waals surface area contributed by atoms with E-state index in [0.717, 1.165) is 18.8 Å². The fourth-order valence-electron chi connectivity index (χ4n) is 1.42. The second-order valence-corrected chi connectivity index (χ2v) is 2.80. The van der Waals surface area contributed by atoms with Gasteiger partial charge in [0.1, 0.15) is 18.0 Å². The summed E-state index contributed by atoms with van der Waals surface area (Å²) < 4.78 is 16.0. The maximum absolute atomic E-state index is 5.49. The van der Waals surface area contributed by atoms with Crippen molar-refractivity contribution in [1.29, 1.82) is 0 Å². The molecule has 2 aliphatic rings. The Morgan fingerprint density at radius 3 is 3.36 bits per heavy atom. The first-order valence-corrected chi connectivity index (χ1v) is 3.89. The third-order valence-corrected chi connectivity index (χ3v) is 2.08. The Bertz CT molecular complexity index is 176. The van der Waals surface area contributed by atoms with Crippen LogP contribution in [0.1, 0.15) is 6.42 Å². The Morgan fingerprint density at radius 1 is 1.64 bits per heavy atom. The van der Waals surface area contributed by atoms with Gasteiger partial charge in [-0.3, -0.25) is 0 Å². The lowest BCUT2D eigenvalue weighted by atomic mass is 10.2. The predicted molar refractivity (Wildman–Crippen MR) is 39.2 cm³/mol. The Kier molecular flexibility index (Phi) is 1.84. The molecule has 0 bridgehead atoms. The summed E-state index contributed by atoms with van der Waals surface area (Å²) in [5.74, 6) is 0.961. The van der Waals surface area contributed by atoms with E-state index < -0.39 is 0 Å². The SMILES string of the molecule is CO[C@H]1C=C2OCC[C@@H]2OC1. The first-order chi connectivity index (χ1) is 5.40. The predicted octanol–water partition coefficient (Wildman–Crippen LogP) is 0.704. The van der Waals surface area contributed by atoms with Gasteiger partial charge in [0.05, 0.1) is 13.2 Å². The summed E-state index contributed by atoms with van der Waals surface area (Å²) in [4.78, 5) is 0. The van der Waals surface area contributed by atoms with Crippen molar-refractivity contribution in [1.82, 2.24) is 0 Å². The molecule has 1 saturated heterocycles. The van der Waals surface area contributed by atoms with Crippen molar-refractivity contribution in [3.8, 4) is 0 Å². The molecule has 2 heterocycles. The zero-order valence-electron chi connectivity index (χ0n) is 6.58. The van der Waals surface area contributed by atoms with Crippen molar-refractivity contribution in [3.05, 3.63) is 11.8 Å². The molecule has 0 aromatic heterocycles. The molecule has 2 atom stereocenters. The Morgan fingerprint density at radius 2 is 2.55 bits per heavy atom. The lowest BCUT2D eigenvalue weighted by Gasteiger charge is -2.22. The van der Waals surface area contributed by atoms with Crippen LogP contribution in [0.5, 0.6) is 0 Å². The lowest BCUT2D eigenvalue weighted by Crippen LogP contribution is -2.27. The molecule has 0 aromatic rings. The van der Waals surface area contributed by atoms with Crippen LogP contribution in [0, 0.1) is 0 Å². The van der Waals surface area contributed by atoms with Crippen LogP contribution in [0.2, 0.25) is 0 Å². The third kappa shape index (κ3) is 1.26. The Labute approximate surface area is 65.9 Å². The molecule has 0 unspecified atom stereocenters. The highest BCUT2D eigenvalue weighted by atomic mass is 16.6. The molecule has 0 radical (unpaired) electrons. The molecule has 11 heavy (non-hydrogen) atoms. The fourth-order valence-corrected chi connectivity index (χ4v) is 1.42. The number of hydrogen-bond acceptors (Lipinski definition) is 3. The molecular formula is C8H12O3. The number of ether oxygens (including phenoxy) is 3. The summed E-state index contributed by atoms with van der Waals surface area (Å²) in [6.45, 7) is 1.45. The molecule has 2 aliphatic heterocycles. The smallest absolute Gasteiger partial charge is 0.124 e. The Hall–Kier alpha value is -0.540. The molecule has 62 valence electrons. The zero-order chi connectivity index (χ0) is 7.68. The van der Waals surface area contributed by atoms with E-state index in [0.29, 0.717) is 6.61 Å². The van der Waals surface area contributed by atoms with Crippen LogP contribution in [0.3, 0.4) is 0 Å². The van der Waals surface area contributed by atoms with E-state index in [1.54, 1.807) is 7.11 Å². The highest BCUT2D eigenvalue weighted by Crippen LogP contribution is 2.25. The van der Waals surface area contributed by atoms with Gasteiger partial charge in [-0.15, -0.1) is 0 Å². The second kappa shape index (κ2) is 2.83. The van der Waals surface area contributed by atoms with Gasteiger partial charge in [0, 0.05) is 13.5 Å². The molecule has 0 aromatic carbocycles. The van der Waals surface area contributed by atoms with Crippen LogP contribution >= 0.6 is 0 Å². The average Bonchev–Trinajstić information content (AvgIpc) is 2.50. The van der Waals surface area contributed by atoms with E-state index in [9.17, 15) is 0 Å². The number of methoxy groups -OCH3 is 1. The third-order valence-electron chi connectivity index (χ3n) is 2.08. The van der Waals surface area contributed by atoms with Gasteiger partial charge < -0.3 is 14.2 Å². The van der Waals surface area contributed by atoms with Crippen molar-refractivity contribution < 1.29 is 14.2 Å². The van der Waals surface area contributed by atoms with E-state index in [1.807, 2.05) is 6.08 Å². The van der Waals surface area contributed by atoms with Crippen LogP contribution in [0.4, 0.5) is 0 Å². The van der Waals surface area contributed by atoms with E-state index in [4.69, 9.17) is 14.2 Å². The first kappa shape index (κ1) is 7.13. The Balaban J connectivity index is 2.09.